The third-order valence-electron chi connectivity index (χ3n) is 6.55. The number of amides is 2. The van der Waals surface area contributed by atoms with Gasteiger partial charge in [0.2, 0.25) is 5.91 Å². The van der Waals surface area contributed by atoms with Crippen LogP contribution < -0.4 is 10.6 Å². The van der Waals surface area contributed by atoms with Crippen molar-refractivity contribution < 1.29 is 24.2 Å². The third kappa shape index (κ3) is 7.84. The fourth-order valence-corrected chi connectivity index (χ4v) is 4.57. The maximum Gasteiger partial charge on any atom is 0.407 e. The van der Waals surface area contributed by atoms with Crippen LogP contribution in [0.15, 0.2) is 48.5 Å². The topological polar surface area (TPSA) is 105 Å². The van der Waals surface area contributed by atoms with Crippen LogP contribution in [0, 0.1) is 5.92 Å². The van der Waals surface area contributed by atoms with E-state index < -0.39 is 12.1 Å². The van der Waals surface area contributed by atoms with Gasteiger partial charge in [-0.2, -0.15) is 0 Å². The lowest BCUT2D eigenvalue weighted by Gasteiger charge is -2.16. The third-order valence-corrected chi connectivity index (χ3v) is 6.55. The smallest absolute Gasteiger partial charge is 0.407 e. The molecule has 2 atom stereocenters. The highest BCUT2D eigenvalue weighted by Crippen LogP contribution is 2.44. The summed E-state index contributed by atoms with van der Waals surface area (Å²) in [6, 6.07) is 16.4. The number of carboxylic acids is 1. The van der Waals surface area contributed by atoms with Gasteiger partial charge in [-0.05, 0) is 60.8 Å². The van der Waals surface area contributed by atoms with E-state index in [2.05, 4.69) is 41.8 Å². The SMILES string of the molecule is CC(CCNC(=O)OCC1c2ccccc2-c2ccccc21)CCC(=O)NC(C)CCCC(=O)O. The number of rotatable bonds is 13. The Bertz CT molecular complexity index is 976. The van der Waals surface area contributed by atoms with Crippen molar-refractivity contribution >= 4 is 18.0 Å². The zero-order valence-electron chi connectivity index (χ0n) is 20.6. The molecule has 0 saturated heterocycles. The molecule has 0 bridgehead atoms. The Kier molecular flexibility index (Phi) is 9.70. The van der Waals surface area contributed by atoms with Crippen LogP contribution in [0.25, 0.3) is 11.1 Å². The maximum atomic E-state index is 12.3. The molecule has 0 aliphatic heterocycles. The van der Waals surface area contributed by atoms with Crippen molar-refractivity contribution in [3.05, 3.63) is 59.7 Å². The first kappa shape index (κ1) is 26.3. The summed E-state index contributed by atoms with van der Waals surface area (Å²) in [6.07, 6.45) is 2.79. The molecule has 2 unspecified atom stereocenters. The molecule has 0 aromatic heterocycles. The highest BCUT2D eigenvalue weighted by molar-refractivity contribution is 5.79. The molecule has 3 rings (SSSR count). The normalized spacial score (nSPS) is 13.9. The largest absolute Gasteiger partial charge is 0.481 e. The quantitative estimate of drug-likeness (QED) is 0.370. The predicted octanol–water partition coefficient (Wildman–Crippen LogP) is 5.09. The molecule has 2 amide bonds. The van der Waals surface area contributed by atoms with E-state index >= 15 is 0 Å². The van der Waals surface area contributed by atoms with Gasteiger partial charge in [0.25, 0.3) is 0 Å². The lowest BCUT2D eigenvalue weighted by Crippen LogP contribution is -2.32. The highest BCUT2D eigenvalue weighted by atomic mass is 16.5. The number of hydrogen-bond acceptors (Lipinski definition) is 4. The van der Waals surface area contributed by atoms with Gasteiger partial charge in [-0.25, -0.2) is 4.79 Å². The molecule has 7 heteroatoms. The fraction of sp³-hybridized carbons (Fsp3) is 0.464. The fourth-order valence-electron chi connectivity index (χ4n) is 4.57. The molecular weight excluding hydrogens is 444 g/mol. The summed E-state index contributed by atoms with van der Waals surface area (Å²) in [5, 5.41) is 14.4. The van der Waals surface area contributed by atoms with Gasteiger partial charge in [-0.3, -0.25) is 9.59 Å². The minimum atomic E-state index is -0.816. The van der Waals surface area contributed by atoms with Crippen molar-refractivity contribution in [1.29, 1.82) is 0 Å². The van der Waals surface area contributed by atoms with Gasteiger partial charge < -0.3 is 20.5 Å². The van der Waals surface area contributed by atoms with E-state index in [0.29, 0.717) is 32.4 Å². The molecule has 0 spiro atoms. The number of carboxylic acid groups (broad SMARTS) is 1. The first-order chi connectivity index (χ1) is 16.8. The summed E-state index contributed by atoms with van der Waals surface area (Å²) in [6.45, 7) is 4.73. The van der Waals surface area contributed by atoms with Crippen molar-refractivity contribution in [3.63, 3.8) is 0 Å². The summed E-state index contributed by atoms with van der Waals surface area (Å²) in [5.74, 6) is -0.526. The summed E-state index contributed by atoms with van der Waals surface area (Å²) >= 11 is 0. The average Bonchev–Trinajstić information content (AvgIpc) is 3.15. The van der Waals surface area contributed by atoms with Crippen LogP contribution in [0.3, 0.4) is 0 Å². The second-order valence-corrected chi connectivity index (χ2v) is 9.44. The zero-order valence-corrected chi connectivity index (χ0v) is 20.6. The Balaban J connectivity index is 1.32. The monoisotopic (exact) mass is 480 g/mol. The number of carbonyl (C=O) groups is 3. The van der Waals surface area contributed by atoms with Crippen molar-refractivity contribution in [3.8, 4) is 11.1 Å². The summed E-state index contributed by atoms with van der Waals surface area (Å²) in [5.41, 5.74) is 4.77. The average molecular weight is 481 g/mol. The second kappa shape index (κ2) is 12.9. The Hall–Kier alpha value is -3.35. The van der Waals surface area contributed by atoms with Crippen LogP contribution in [0.4, 0.5) is 4.79 Å². The van der Waals surface area contributed by atoms with E-state index in [1.54, 1.807) is 0 Å². The van der Waals surface area contributed by atoms with Gasteiger partial charge in [-0.1, -0.05) is 55.5 Å². The first-order valence-corrected chi connectivity index (χ1v) is 12.4. The summed E-state index contributed by atoms with van der Waals surface area (Å²) in [4.78, 5) is 35.0. The van der Waals surface area contributed by atoms with Crippen LogP contribution >= 0.6 is 0 Å². The molecule has 2 aromatic carbocycles. The Morgan fingerprint density at radius 1 is 0.914 bits per heavy atom. The second-order valence-electron chi connectivity index (χ2n) is 9.44. The molecule has 0 heterocycles. The minimum Gasteiger partial charge on any atom is -0.481 e. The predicted molar refractivity (Wildman–Crippen MR) is 135 cm³/mol. The lowest BCUT2D eigenvalue weighted by atomic mass is 9.98. The standard InChI is InChI=1S/C28H36N2O5/c1-19(14-15-26(31)30-20(2)8-7-13-27(32)33)16-17-29-28(34)35-18-25-23-11-5-3-9-21(23)22-10-4-6-12-24(22)25/h3-6,9-12,19-20,25H,7-8,13-18H2,1-2H3,(H,29,34)(H,30,31)(H,32,33). The van der Waals surface area contributed by atoms with Crippen LogP contribution in [-0.2, 0) is 14.3 Å². The van der Waals surface area contributed by atoms with Gasteiger partial charge in [-0.15, -0.1) is 0 Å². The van der Waals surface area contributed by atoms with Crippen molar-refractivity contribution in [1.82, 2.24) is 10.6 Å². The van der Waals surface area contributed by atoms with E-state index in [9.17, 15) is 14.4 Å². The number of ether oxygens (including phenoxy) is 1. The van der Waals surface area contributed by atoms with Gasteiger partial charge in [0.1, 0.15) is 6.61 Å². The Morgan fingerprint density at radius 3 is 2.17 bits per heavy atom. The van der Waals surface area contributed by atoms with Gasteiger partial charge in [0, 0.05) is 31.3 Å². The Labute approximate surface area is 207 Å². The van der Waals surface area contributed by atoms with E-state index in [-0.39, 0.29) is 30.2 Å². The lowest BCUT2D eigenvalue weighted by molar-refractivity contribution is -0.137. The molecule has 0 saturated carbocycles. The molecule has 1 aliphatic rings. The van der Waals surface area contributed by atoms with E-state index in [0.717, 1.165) is 12.8 Å². The molecule has 3 N–H and O–H groups in total. The van der Waals surface area contributed by atoms with Gasteiger partial charge in [0.05, 0.1) is 0 Å². The van der Waals surface area contributed by atoms with Crippen LogP contribution in [-0.4, -0.2) is 42.3 Å². The van der Waals surface area contributed by atoms with E-state index in [1.165, 1.54) is 22.3 Å². The number of nitrogens with one attached hydrogen (secondary N) is 2. The minimum absolute atomic E-state index is 0.0239. The molecule has 0 radical (unpaired) electrons. The van der Waals surface area contributed by atoms with Crippen LogP contribution in [0.5, 0.6) is 0 Å². The number of alkyl carbamates (subject to hydrolysis) is 1. The number of fused-ring (bicyclic) bond motifs is 3. The van der Waals surface area contributed by atoms with Crippen LogP contribution in [0.1, 0.15) is 69.4 Å². The van der Waals surface area contributed by atoms with E-state index in [4.69, 9.17) is 9.84 Å². The molecule has 0 fully saturated rings. The molecule has 2 aromatic rings. The molecule has 7 nitrogen and oxygen atoms in total. The van der Waals surface area contributed by atoms with Crippen molar-refractivity contribution in [2.75, 3.05) is 13.2 Å². The number of aliphatic carboxylic acids is 1. The van der Waals surface area contributed by atoms with Crippen molar-refractivity contribution in [2.45, 2.75) is 64.3 Å². The zero-order chi connectivity index (χ0) is 25.2. The maximum absolute atomic E-state index is 12.3. The Morgan fingerprint density at radius 2 is 1.54 bits per heavy atom. The number of benzene rings is 2. The van der Waals surface area contributed by atoms with Crippen molar-refractivity contribution in [2.24, 2.45) is 5.92 Å². The molecular formula is C28H36N2O5. The number of carbonyl (C=O) groups excluding carboxylic acids is 2. The molecule has 1 aliphatic carbocycles. The summed E-state index contributed by atoms with van der Waals surface area (Å²) in [7, 11) is 0. The molecule has 188 valence electrons. The first-order valence-electron chi connectivity index (χ1n) is 12.4. The molecule has 35 heavy (non-hydrogen) atoms. The summed E-state index contributed by atoms with van der Waals surface area (Å²) < 4.78 is 5.56. The van der Waals surface area contributed by atoms with Gasteiger partial charge in [0.15, 0.2) is 0 Å². The van der Waals surface area contributed by atoms with E-state index in [1.807, 2.05) is 31.2 Å². The van der Waals surface area contributed by atoms with Gasteiger partial charge >= 0.3 is 12.1 Å². The number of hydrogen-bond donors (Lipinski definition) is 3. The highest BCUT2D eigenvalue weighted by Gasteiger charge is 2.28. The van der Waals surface area contributed by atoms with Crippen LogP contribution in [0.2, 0.25) is 0 Å².